The van der Waals surface area contributed by atoms with E-state index in [0.717, 1.165) is 12.3 Å². The molecule has 0 aliphatic carbocycles. The standard InChI is InChI=1S/C20H22N2S/c1-15-4-6-16(7-5-15)17-8-10-18(11-9-17)19-3-2-12-22-13-14-23-21-20(19)22/h4-11,19H,2-3,12-14H2,1H3. The third-order valence-corrected chi connectivity index (χ3v) is 5.55. The molecule has 0 aromatic heterocycles. The number of nitrogens with zero attached hydrogens (tertiary/aromatic N) is 2. The summed E-state index contributed by atoms with van der Waals surface area (Å²) in [5, 5.41) is 0. The SMILES string of the molecule is Cc1ccc(-c2ccc(C3CCCN4CCSN=C34)cc2)cc1. The van der Waals surface area contributed by atoms with Gasteiger partial charge in [0.25, 0.3) is 0 Å². The van der Waals surface area contributed by atoms with E-state index in [0.29, 0.717) is 5.92 Å². The van der Waals surface area contributed by atoms with E-state index in [1.165, 1.54) is 47.5 Å². The molecule has 0 N–H and O–H groups in total. The highest BCUT2D eigenvalue weighted by molar-refractivity contribution is 7.98. The summed E-state index contributed by atoms with van der Waals surface area (Å²) in [5.74, 6) is 2.90. The van der Waals surface area contributed by atoms with Gasteiger partial charge in [-0.1, -0.05) is 54.1 Å². The van der Waals surface area contributed by atoms with Gasteiger partial charge in [0, 0.05) is 24.8 Å². The first-order valence-electron chi connectivity index (χ1n) is 8.43. The van der Waals surface area contributed by atoms with Crippen LogP contribution in [0.1, 0.15) is 29.9 Å². The highest BCUT2D eigenvalue weighted by Crippen LogP contribution is 2.33. The molecule has 2 heterocycles. The van der Waals surface area contributed by atoms with E-state index in [1.54, 1.807) is 11.9 Å². The van der Waals surface area contributed by atoms with Crippen LogP contribution in [-0.2, 0) is 0 Å². The van der Waals surface area contributed by atoms with E-state index in [-0.39, 0.29) is 0 Å². The molecule has 1 fully saturated rings. The smallest absolute Gasteiger partial charge is 0.120 e. The van der Waals surface area contributed by atoms with Crippen molar-refractivity contribution in [3.05, 3.63) is 59.7 Å². The van der Waals surface area contributed by atoms with Crippen LogP contribution in [0.25, 0.3) is 11.1 Å². The van der Waals surface area contributed by atoms with Crippen LogP contribution in [-0.4, -0.2) is 29.6 Å². The van der Waals surface area contributed by atoms with Gasteiger partial charge in [-0.3, -0.25) is 0 Å². The molecule has 23 heavy (non-hydrogen) atoms. The van der Waals surface area contributed by atoms with Gasteiger partial charge in [-0.25, -0.2) is 4.40 Å². The van der Waals surface area contributed by atoms with Gasteiger partial charge in [0.1, 0.15) is 5.84 Å². The van der Waals surface area contributed by atoms with Gasteiger partial charge >= 0.3 is 0 Å². The van der Waals surface area contributed by atoms with Crippen LogP contribution in [0.5, 0.6) is 0 Å². The number of aryl methyl sites for hydroxylation is 1. The number of hydrogen-bond acceptors (Lipinski definition) is 3. The lowest BCUT2D eigenvalue weighted by molar-refractivity contribution is 0.371. The molecule has 2 nitrogen and oxygen atoms in total. The van der Waals surface area contributed by atoms with Crippen molar-refractivity contribution >= 4 is 17.8 Å². The highest BCUT2D eigenvalue weighted by Gasteiger charge is 2.29. The van der Waals surface area contributed by atoms with Crippen LogP contribution >= 0.6 is 11.9 Å². The van der Waals surface area contributed by atoms with Crippen LogP contribution in [0.15, 0.2) is 52.9 Å². The Morgan fingerprint density at radius 1 is 0.957 bits per heavy atom. The van der Waals surface area contributed by atoms with Gasteiger partial charge < -0.3 is 4.90 Å². The summed E-state index contributed by atoms with van der Waals surface area (Å²) in [6.07, 6.45) is 2.49. The Kier molecular flexibility index (Phi) is 4.13. The van der Waals surface area contributed by atoms with Crippen molar-refractivity contribution in [2.75, 3.05) is 18.8 Å². The first kappa shape index (κ1) is 14.8. The predicted octanol–water partition coefficient (Wildman–Crippen LogP) is 4.90. The van der Waals surface area contributed by atoms with E-state index in [1.807, 2.05) is 0 Å². The lowest BCUT2D eigenvalue weighted by Gasteiger charge is -2.37. The summed E-state index contributed by atoms with van der Waals surface area (Å²) in [6.45, 7) is 4.46. The Bertz CT molecular complexity index is 703. The largest absolute Gasteiger partial charge is 0.358 e. The van der Waals surface area contributed by atoms with Crippen molar-refractivity contribution in [3.63, 3.8) is 0 Å². The first-order valence-corrected chi connectivity index (χ1v) is 9.37. The third-order valence-electron chi connectivity index (χ3n) is 4.87. The molecule has 2 aromatic rings. The summed E-state index contributed by atoms with van der Waals surface area (Å²) in [6, 6.07) is 17.9. The van der Waals surface area contributed by atoms with E-state index in [2.05, 4.69) is 60.4 Å². The number of fused-ring (bicyclic) bond motifs is 1. The maximum Gasteiger partial charge on any atom is 0.120 e. The highest BCUT2D eigenvalue weighted by atomic mass is 32.2. The van der Waals surface area contributed by atoms with Crippen molar-refractivity contribution < 1.29 is 0 Å². The zero-order chi connectivity index (χ0) is 15.6. The van der Waals surface area contributed by atoms with Crippen molar-refractivity contribution in [1.29, 1.82) is 0 Å². The molecule has 0 spiro atoms. The van der Waals surface area contributed by atoms with Crippen molar-refractivity contribution in [2.45, 2.75) is 25.7 Å². The van der Waals surface area contributed by atoms with E-state index in [4.69, 9.17) is 4.40 Å². The summed E-state index contributed by atoms with van der Waals surface area (Å²) in [4.78, 5) is 2.48. The second-order valence-corrected chi connectivity index (χ2v) is 7.30. The summed E-state index contributed by atoms with van der Waals surface area (Å²) >= 11 is 1.73. The minimum atomic E-state index is 0.476. The lowest BCUT2D eigenvalue weighted by Crippen LogP contribution is -2.42. The number of hydrogen-bond donors (Lipinski definition) is 0. The molecule has 1 unspecified atom stereocenters. The van der Waals surface area contributed by atoms with Gasteiger partial charge in [0.2, 0.25) is 0 Å². The number of amidine groups is 1. The molecule has 4 rings (SSSR count). The number of piperidine rings is 1. The zero-order valence-electron chi connectivity index (χ0n) is 13.5. The van der Waals surface area contributed by atoms with Gasteiger partial charge in [-0.2, -0.15) is 0 Å². The minimum Gasteiger partial charge on any atom is -0.358 e. The lowest BCUT2D eigenvalue weighted by atomic mass is 9.88. The van der Waals surface area contributed by atoms with Crippen molar-refractivity contribution in [3.8, 4) is 11.1 Å². The van der Waals surface area contributed by atoms with Crippen LogP contribution in [0.4, 0.5) is 0 Å². The monoisotopic (exact) mass is 322 g/mol. The normalized spacial score (nSPS) is 20.8. The molecular formula is C20H22N2S. The molecule has 118 valence electrons. The third kappa shape index (κ3) is 3.02. The van der Waals surface area contributed by atoms with E-state index < -0.39 is 0 Å². The van der Waals surface area contributed by atoms with E-state index in [9.17, 15) is 0 Å². The molecule has 0 amide bonds. The van der Waals surface area contributed by atoms with Crippen LogP contribution < -0.4 is 0 Å². The van der Waals surface area contributed by atoms with Crippen LogP contribution in [0.2, 0.25) is 0 Å². The molecule has 3 heteroatoms. The average molecular weight is 322 g/mol. The molecule has 0 radical (unpaired) electrons. The predicted molar refractivity (Wildman–Crippen MR) is 100 cm³/mol. The van der Waals surface area contributed by atoms with Gasteiger partial charge in [-0.15, -0.1) is 0 Å². The van der Waals surface area contributed by atoms with E-state index >= 15 is 0 Å². The molecule has 2 aromatic carbocycles. The molecular weight excluding hydrogens is 300 g/mol. The molecule has 0 bridgehead atoms. The second-order valence-electron chi connectivity index (χ2n) is 6.45. The Labute approximate surface area is 142 Å². The first-order chi connectivity index (χ1) is 11.3. The van der Waals surface area contributed by atoms with Crippen molar-refractivity contribution in [2.24, 2.45) is 4.40 Å². The quantitative estimate of drug-likeness (QED) is 0.731. The molecule has 1 atom stereocenters. The fourth-order valence-electron chi connectivity index (χ4n) is 3.53. The average Bonchev–Trinajstić information content (AvgIpc) is 2.62. The molecule has 2 aliphatic heterocycles. The Hall–Kier alpha value is -1.74. The van der Waals surface area contributed by atoms with Gasteiger partial charge in [0.15, 0.2) is 0 Å². The number of benzene rings is 2. The molecule has 1 saturated heterocycles. The van der Waals surface area contributed by atoms with Gasteiger partial charge in [0.05, 0.1) is 0 Å². The Morgan fingerprint density at radius 3 is 2.39 bits per heavy atom. The Morgan fingerprint density at radius 2 is 1.65 bits per heavy atom. The molecule has 0 saturated carbocycles. The zero-order valence-corrected chi connectivity index (χ0v) is 14.4. The fourth-order valence-corrected chi connectivity index (χ4v) is 4.30. The summed E-state index contributed by atoms with van der Waals surface area (Å²) in [7, 11) is 0. The van der Waals surface area contributed by atoms with Crippen molar-refractivity contribution in [1.82, 2.24) is 4.90 Å². The van der Waals surface area contributed by atoms with Gasteiger partial charge in [-0.05, 0) is 48.4 Å². The topological polar surface area (TPSA) is 15.6 Å². The maximum atomic E-state index is 4.76. The fraction of sp³-hybridized carbons (Fsp3) is 0.350. The number of rotatable bonds is 2. The molecule has 2 aliphatic rings. The maximum absolute atomic E-state index is 4.76. The van der Waals surface area contributed by atoms with Crippen LogP contribution in [0.3, 0.4) is 0 Å². The Balaban J connectivity index is 1.60. The second kappa shape index (κ2) is 6.40. The summed E-state index contributed by atoms with van der Waals surface area (Å²) < 4.78 is 4.76. The van der Waals surface area contributed by atoms with Crippen LogP contribution in [0, 0.1) is 6.92 Å². The summed E-state index contributed by atoms with van der Waals surface area (Å²) in [5.41, 5.74) is 5.30. The minimum absolute atomic E-state index is 0.476.